The smallest absolute Gasteiger partial charge is 0.306 e. The van der Waals surface area contributed by atoms with Crippen LogP contribution in [0.4, 0.5) is 0 Å². The number of morpholine rings is 1. The molecule has 1 saturated heterocycles. The van der Waals surface area contributed by atoms with Crippen LogP contribution >= 0.6 is 0 Å². The molecule has 0 aromatic rings. The number of nitrogens with zero attached hydrogens (tertiary/aromatic N) is 1. The van der Waals surface area contributed by atoms with E-state index in [0.717, 1.165) is 26.2 Å². The molecule has 5 heteroatoms. The molecule has 0 aliphatic carbocycles. The van der Waals surface area contributed by atoms with Gasteiger partial charge in [0.1, 0.15) is 0 Å². The molecule has 0 aromatic carbocycles. The van der Waals surface area contributed by atoms with Crippen molar-refractivity contribution in [1.82, 2.24) is 10.2 Å². The van der Waals surface area contributed by atoms with Crippen LogP contribution in [0.1, 0.15) is 20.3 Å². The Labute approximate surface area is 103 Å². The second kappa shape index (κ2) is 7.63. The van der Waals surface area contributed by atoms with E-state index < -0.39 is 0 Å². The molecule has 0 amide bonds. The van der Waals surface area contributed by atoms with E-state index in [9.17, 15) is 4.79 Å². The zero-order valence-electron chi connectivity index (χ0n) is 11.1. The van der Waals surface area contributed by atoms with Gasteiger partial charge >= 0.3 is 5.97 Å². The molecule has 0 saturated carbocycles. The summed E-state index contributed by atoms with van der Waals surface area (Å²) in [6, 6.07) is 0.566. The van der Waals surface area contributed by atoms with Crippen molar-refractivity contribution in [1.29, 1.82) is 0 Å². The zero-order chi connectivity index (χ0) is 12.7. The molecule has 5 nitrogen and oxygen atoms in total. The van der Waals surface area contributed by atoms with E-state index in [4.69, 9.17) is 4.74 Å². The molecule has 1 heterocycles. The molecular formula is C12H24N2O3. The Balaban J connectivity index is 2.12. The number of methoxy groups -OCH3 is 1. The fraction of sp³-hybridized carbons (Fsp3) is 0.917. The highest BCUT2D eigenvalue weighted by molar-refractivity contribution is 5.69. The van der Waals surface area contributed by atoms with Gasteiger partial charge < -0.3 is 14.8 Å². The Kier molecular flexibility index (Phi) is 6.47. The van der Waals surface area contributed by atoms with Crippen LogP contribution in [0.5, 0.6) is 0 Å². The van der Waals surface area contributed by atoms with E-state index in [1.807, 2.05) is 0 Å². The molecule has 0 aromatic heterocycles. The lowest BCUT2D eigenvalue weighted by Gasteiger charge is -2.35. The summed E-state index contributed by atoms with van der Waals surface area (Å²) in [6.07, 6.45) is 0.640. The van der Waals surface area contributed by atoms with Crippen LogP contribution in [-0.2, 0) is 14.3 Å². The van der Waals surface area contributed by atoms with E-state index in [-0.39, 0.29) is 12.1 Å². The molecule has 1 fully saturated rings. The lowest BCUT2D eigenvalue weighted by atomic mass is 10.2. The maximum atomic E-state index is 10.9. The van der Waals surface area contributed by atoms with Gasteiger partial charge in [-0.25, -0.2) is 0 Å². The van der Waals surface area contributed by atoms with Gasteiger partial charge in [-0.2, -0.15) is 0 Å². The summed E-state index contributed by atoms with van der Waals surface area (Å²) in [7, 11) is 1.41. The lowest BCUT2D eigenvalue weighted by molar-refractivity contribution is -0.140. The second-order valence-corrected chi connectivity index (χ2v) is 4.61. The first kappa shape index (κ1) is 14.4. The highest BCUT2D eigenvalue weighted by Crippen LogP contribution is 2.07. The first-order chi connectivity index (χ1) is 8.13. The number of ether oxygens (including phenoxy) is 2. The third-order valence-corrected chi connectivity index (χ3v) is 3.01. The first-order valence-electron chi connectivity index (χ1n) is 6.26. The number of carbonyl (C=O) groups is 1. The Morgan fingerprint density at radius 1 is 1.59 bits per heavy atom. The molecule has 0 radical (unpaired) electrons. The molecule has 1 N–H and O–H groups in total. The third-order valence-electron chi connectivity index (χ3n) is 3.01. The van der Waals surface area contributed by atoms with Crippen LogP contribution in [0.2, 0.25) is 0 Å². The van der Waals surface area contributed by atoms with Crippen LogP contribution in [0, 0.1) is 0 Å². The van der Waals surface area contributed by atoms with Gasteiger partial charge in [0.15, 0.2) is 0 Å². The van der Waals surface area contributed by atoms with Crippen molar-refractivity contribution in [3.05, 3.63) is 0 Å². The van der Waals surface area contributed by atoms with Crippen molar-refractivity contribution in [3.8, 4) is 0 Å². The number of hydrogen-bond acceptors (Lipinski definition) is 5. The average Bonchev–Trinajstić information content (AvgIpc) is 2.34. The van der Waals surface area contributed by atoms with Crippen LogP contribution < -0.4 is 5.32 Å². The predicted octanol–water partition coefficient (Wildman–Crippen LogP) is 0.248. The molecular weight excluding hydrogens is 220 g/mol. The van der Waals surface area contributed by atoms with Crippen molar-refractivity contribution in [2.45, 2.75) is 32.4 Å². The van der Waals surface area contributed by atoms with Crippen molar-refractivity contribution < 1.29 is 14.3 Å². The second-order valence-electron chi connectivity index (χ2n) is 4.61. The molecule has 0 spiro atoms. The van der Waals surface area contributed by atoms with Crippen molar-refractivity contribution in [2.24, 2.45) is 0 Å². The van der Waals surface area contributed by atoms with E-state index >= 15 is 0 Å². The Bertz CT molecular complexity index is 234. The SMILES string of the molecule is COC(=O)CCNCC1CN(C(C)C)CCO1. The molecule has 1 atom stereocenters. The predicted molar refractivity (Wildman–Crippen MR) is 66.0 cm³/mol. The summed E-state index contributed by atoms with van der Waals surface area (Å²) in [4.78, 5) is 13.3. The quantitative estimate of drug-likeness (QED) is 0.536. The minimum atomic E-state index is -0.175. The fourth-order valence-corrected chi connectivity index (χ4v) is 1.89. The third kappa shape index (κ3) is 5.48. The highest BCUT2D eigenvalue weighted by Gasteiger charge is 2.21. The molecule has 1 rings (SSSR count). The van der Waals surface area contributed by atoms with E-state index in [0.29, 0.717) is 19.0 Å². The van der Waals surface area contributed by atoms with E-state index in [2.05, 4.69) is 28.8 Å². The van der Waals surface area contributed by atoms with Gasteiger partial charge in [0.2, 0.25) is 0 Å². The number of rotatable bonds is 6. The summed E-state index contributed by atoms with van der Waals surface area (Å²) < 4.78 is 10.2. The Morgan fingerprint density at radius 2 is 2.35 bits per heavy atom. The van der Waals surface area contributed by atoms with Crippen molar-refractivity contribution in [2.75, 3.05) is 39.9 Å². The maximum absolute atomic E-state index is 10.9. The summed E-state index contributed by atoms with van der Waals surface area (Å²) in [6.45, 7) is 8.61. The molecule has 17 heavy (non-hydrogen) atoms. The normalized spacial score (nSPS) is 21.8. The van der Waals surface area contributed by atoms with E-state index in [1.165, 1.54) is 7.11 Å². The maximum Gasteiger partial charge on any atom is 0.306 e. The molecule has 1 unspecified atom stereocenters. The van der Waals surface area contributed by atoms with Gasteiger partial charge in [0, 0.05) is 32.2 Å². The van der Waals surface area contributed by atoms with Gasteiger partial charge in [-0.3, -0.25) is 9.69 Å². The van der Waals surface area contributed by atoms with Gasteiger partial charge in [-0.05, 0) is 13.8 Å². The molecule has 1 aliphatic heterocycles. The number of hydrogen-bond donors (Lipinski definition) is 1. The van der Waals surface area contributed by atoms with E-state index in [1.54, 1.807) is 0 Å². The largest absolute Gasteiger partial charge is 0.469 e. The first-order valence-corrected chi connectivity index (χ1v) is 6.26. The van der Waals surface area contributed by atoms with Gasteiger partial charge in [0.05, 0.1) is 26.2 Å². The lowest BCUT2D eigenvalue weighted by Crippen LogP contribution is -2.49. The summed E-state index contributed by atoms with van der Waals surface area (Å²) in [5.41, 5.74) is 0. The highest BCUT2D eigenvalue weighted by atomic mass is 16.5. The van der Waals surface area contributed by atoms with Crippen molar-refractivity contribution >= 4 is 5.97 Å². The van der Waals surface area contributed by atoms with Crippen LogP contribution in [0.3, 0.4) is 0 Å². The summed E-state index contributed by atoms with van der Waals surface area (Å²) in [5, 5.41) is 3.23. The summed E-state index contributed by atoms with van der Waals surface area (Å²) >= 11 is 0. The molecule has 0 bridgehead atoms. The Hall–Kier alpha value is -0.650. The minimum absolute atomic E-state index is 0.175. The van der Waals surface area contributed by atoms with Crippen LogP contribution in [0.15, 0.2) is 0 Å². The fourth-order valence-electron chi connectivity index (χ4n) is 1.89. The van der Waals surface area contributed by atoms with Crippen molar-refractivity contribution in [3.63, 3.8) is 0 Å². The molecule has 100 valence electrons. The molecule has 1 aliphatic rings. The Morgan fingerprint density at radius 3 is 3.00 bits per heavy atom. The van der Waals surface area contributed by atoms with Gasteiger partial charge in [-0.1, -0.05) is 0 Å². The number of nitrogens with one attached hydrogen (secondary N) is 1. The minimum Gasteiger partial charge on any atom is -0.469 e. The average molecular weight is 244 g/mol. The monoisotopic (exact) mass is 244 g/mol. The van der Waals surface area contributed by atoms with Gasteiger partial charge in [0.25, 0.3) is 0 Å². The number of esters is 1. The zero-order valence-corrected chi connectivity index (χ0v) is 11.1. The topological polar surface area (TPSA) is 50.8 Å². The number of carbonyl (C=O) groups excluding carboxylic acids is 1. The van der Waals surface area contributed by atoms with Crippen LogP contribution in [0.25, 0.3) is 0 Å². The summed E-state index contributed by atoms with van der Waals surface area (Å²) in [5.74, 6) is -0.175. The van der Waals surface area contributed by atoms with Crippen LogP contribution in [-0.4, -0.2) is 62.9 Å². The standard InChI is InChI=1S/C12H24N2O3/c1-10(2)14-6-7-17-11(9-14)8-13-5-4-12(15)16-3/h10-11,13H,4-9H2,1-3H3. The van der Waals surface area contributed by atoms with Gasteiger partial charge in [-0.15, -0.1) is 0 Å².